The van der Waals surface area contributed by atoms with Crippen LogP contribution in [0.5, 0.6) is 11.5 Å². The molecule has 0 bridgehead atoms. The quantitative estimate of drug-likeness (QED) is 0.393. The van der Waals surface area contributed by atoms with Gasteiger partial charge in [-0.1, -0.05) is 36.5 Å². The second kappa shape index (κ2) is 9.43. The zero-order valence-corrected chi connectivity index (χ0v) is 17.6. The molecule has 0 spiro atoms. The van der Waals surface area contributed by atoms with E-state index in [9.17, 15) is 9.59 Å². The minimum Gasteiger partial charge on any atom is -0.493 e. The van der Waals surface area contributed by atoms with Crippen molar-refractivity contribution in [3.8, 4) is 11.5 Å². The lowest BCUT2D eigenvalue weighted by Gasteiger charge is -2.23. The highest BCUT2D eigenvalue weighted by Crippen LogP contribution is 2.34. The number of nitrogens with zero attached hydrogens (tertiary/aromatic N) is 1. The van der Waals surface area contributed by atoms with Gasteiger partial charge in [0.1, 0.15) is 17.0 Å². The lowest BCUT2D eigenvalue weighted by atomic mass is 9.98. The molecule has 1 saturated heterocycles. The third-order valence-corrected chi connectivity index (χ3v) is 6.09. The van der Waals surface area contributed by atoms with Crippen LogP contribution in [-0.4, -0.2) is 48.0 Å². The SMILES string of the molecule is COc1ccc(/C=C2\SC(=S)N(CC(=O)OC3CCCCC3)C2=O)cc1OC. The Balaban J connectivity index is 1.67. The maximum Gasteiger partial charge on any atom is 0.326 e. The Bertz CT molecular complexity index is 802. The predicted molar refractivity (Wildman–Crippen MR) is 112 cm³/mol. The van der Waals surface area contributed by atoms with Crippen molar-refractivity contribution >= 4 is 46.3 Å². The largest absolute Gasteiger partial charge is 0.493 e. The van der Waals surface area contributed by atoms with Gasteiger partial charge in [-0.15, -0.1) is 0 Å². The van der Waals surface area contributed by atoms with E-state index in [4.69, 9.17) is 26.4 Å². The Labute approximate surface area is 174 Å². The van der Waals surface area contributed by atoms with Crippen molar-refractivity contribution < 1.29 is 23.8 Å². The molecule has 0 atom stereocenters. The average molecular weight is 422 g/mol. The summed E-state index contributed by atoms with van der Waals surface area (Å²) in [5.74, 6) is 0.487. The van der Waals surface area contributed by atoms with Gasteiger partial charge in [0, 0.05) is 0 Å². The predicted octanol–water partition coefficient (Wildman–Crippen LogP) is 3.78. The number of hydrogen-bond acceptors (Lipinski definition) is 7. The number of benzene rings is 1. The van der Waals surface area contributed by atoms with E-state index in [-0.39, 0.29) is 18.6 Å². The number of hydrogen-bond donors (Lipinski definition) is 0. The van der Waals surface area contributed by atoms with Crippen molar-refractivity contribution in [2.45, 2.75) is 38.2 Å². The number of methoxy groups -OCH3 is 2. The van der Waals surface area contributed by atoms with Crippen molar-refractivity contribution in [1.29, 1.82) is 0 Å². The molecule has 28 heavy (non-hydrogen) atoms. The summed E-state index contributed by atoms with van der Waals surface area (Å²) < 4.78 is 16.4. The second-order valence-corrected chi connectivity index (χ2v) is 8.31. The normalized spacial score (nSPS) is 19.2. The van der Waals surface area contributed by atoms with Gasteiger partial charge < -0.3 is 14.2 Å². The lowest BCUT2D eigenvalue weighted by molar-refractivity contribution is -0.152. The van der Waals surface area contributed by atoms with Crippen LogP contribution in [0.3, 0.4) is 0 Å². The first kappa shape index (κ1) is 20.7. The molecular weight excluding hydrogens is 398 g/mol. The fourth-order valence-corrected chi connectivity index (χ4v) is 4.52. The zero-order valence-electron chi connectivity index (χ0n) is 15.9. The fourth-order valence-electron chi connectivity index (χ4n) is 3.27. The monoisotopic (exact) mass is 421 g/mol. The van der Waals surface area contributed by atoms with Crippen LogP contribution in [0.15, 0.2) is 23.1 Å². The van der Waals surface area contributed by atoms with E-state index in [0.717, 1.165) is 31.2 Å². The first-order valence-electron chi connectivity index (χ1n) is 9.18. The van der Waals surface area contributed by atoms with E-state index in [1.807, 2.05) is 6.07 Å². The van der Waals surface area contributed by atoms with Crippen LogP contribution < -0.4 is 9.47 Å². The third kappa shape index (κ3) is 4.86. The van der Waals surface area contributed by atoms with Gasteiger partial charge in [0.2, 0.25) is 0 Å². The van der Waals surface area contributed by atoms with E-state index in [2.05, 4.69) is 0 Å². The number of thiocarbonyl (C=S) groups is 1. The zero-order chi connectivity index (χ0) is 20.1. The Kier molecular flexibility index (Phi) is 6.96. The maximum atomic E-state index is 12.7. The van der Waals surface area contributed by atoms with Crippen LogP contribution in [0.25, 0.3) is 6.08 Å². The number of amides is 1. The highest BCUT2D eigenvalue weighted by Gasteiger charge is 2.34. The van der Waals surface area contributed by atoms with Crippen LogP contribution in [0.1, 0.15) is 37.7 Å². The average Bonchev–Trinajstić information content (AvgIpc) is 2.96. The van der Waals surface area contributed by atoms with Crippen LogP contribution >= 0.6 is 24.0 Å². The Morgan fingerprint density at radius 3 is 2.61 bits per heavy atom. The molecule has 0 radical (unpaired) electrons. The summed E-state index contributed by atoms with van der Waals surface area (Å²) in [6.07, 6.45) is 6.81. The minimum atomic E-state index is -0.407. The van der Waals surface area contributed by atoms with Crippen LogP contribution in [-0.2, 0) is 14.3 Å². The van der Waals surface area contributed by atoms with E-state index < -0.39 is 5.97 Å². The van der Waals surface area contributed by atoms with Crippen molar-refractivity contribution in [2.24, 2.45) is 0 Å². The van der Waals surface area contributed by atoms with Crippen molar-refractivity contribution in [1.82, 2.24) is 4.90 Å². The number of carbonyl (C=O) groups is 2. The molecule has 2 fully saturated rings. The van der Waals surface area contributed by atoms with Gasteiger partial charge in [0.15, 0.2) is 11.5 Å². The standard InChI is InChI=1S/C20H23NO5S2/c1-24-15-9-8-13(10-16(15)25-2)11-17-19(23)21(20(27)28-17)12-18(22)26-14-6-4-3-5-7-14/h8-11,14H,3-7,12H2,1-2H3/b17-11-. The molecule has 1 aliphatic heterocycles. The molecule has 0 N–H and O–H groups in total. The number of rotatable bonds is 6. The molecule has 150 valence electrons. The molecule has 3 rings (SSSR count). The van der Waals surface area contributed by atoms with Gasteiger partial charge in [-0.2, -0.15) is 0 Å². The summed E-state index contributed by atoms with van der Waals surface area (Å²) >= 11 is 6.47. The van der Waals surface area contributed by atoms with Crippen molar-refractivity contribution in [2.75, 3.05) is 20.8 Å². The summed E-state index contributed by atoms with van der Waals surface area (Å²) in [5.41, 5.74) is 0.780. The summed E-state index contributed by atoms with van der Waals surface area (Å²) in [6.45, 7) is -0.148. The van der Waals surface area contributed by atoms with Gasteiger partial charge in [-0.25, -0.2) is 0 Å². The molecule has 0 unspecified atom stereocenters. The van der Waals surface area contributed by atoms with Gasteiger partial charge in [0.05, 0.1) is 19.1 Å². The first-order chi connectivity index (χ1) is 13.5. The minimum absolute atomic E-state index is 0.0399. The summed E-state index contributed by atoms with van der Waals surface area (Å²) in [6, 6.07) is 5.38. The first-order valence-corrected chi connectivity index (χ1v) is 10.4. The Morgan fingerprint density at radius 1 is 1.21 bits per heavy atom. The molecule has 8 heteroatoms. The third-order valence-electron chi connectivity index (χ3n) is 4.72. The lowest BCUT2D eigenvalue weighted by Crippen LogP contribution is -2.36. The van der Waals surface area contributed by atoms with Crippen LogP contribution in [0.4, 0.5) is 0 Å². The van der Waals surface area contributed by atoms with E-state index in [0.29, 0.717) is 20.7 Å². The molecule has 1 aliphatic carbocycles. The highest BCUT2D eigenvalue weighted by molar-refractivity contribution is 8.26. The van der Waals surface area contributed by atoms with Crippen LogP contribution in [0.2, 0.25) is 0 Å². The maximum absolute atomic E-state index is 12.7. The summed E-state index contributed by atoms with van der Waals surface area (Å²) in [4.78, 5) is 26.7. The molecule has 2 aliphatic rings. The molecular formula is C20H23NO5S2. The molecule has 1 amide bonds. The highest BCUT2D eigenvalue weighted by atomic mass is 32.2. The smallest absolute Gasteiger partial charge is 0.326 e. The van der Waals surface area contributed by atoms with Gasteiger partial charge in [-0.3, -0.25) is 14.5 Å². The topological polar surface area (TPSA) is 65.1 Å². The summed E-state index contributed by atoms with van der Waals surface area (Å²) in [5, 5.41) is 0. The van der Waals surface area contributed by atoms with E-state index in [1.54, 1.807) is 32.4 Å². The molecule has 1 saturated carbocycles. The van der Waals surface area contributed by atoms with Crippen LogP contribution in [0, 0.1) is 0 Å². The summed E-state index contributed by atoms with van der Waals surface area (Å²) in [7, 11) is 3.12. The molecule has 1 aromatic rings. The molecule has 1 aromatic carbocycles. The Hall–Kier alpha value is -2.06. The van der Waals surface area contributed by atoms with Gasteiger partial charge >= 0.3 is 5.97 Å². The number of carbonyl (C=O) groups excluding carboxylic acids is 2. The van der Waals surface area contributed by atoms with Crippen molar-refractivity contribution in [3.63, 3.8) is 0 Å². The van der Waals surface area contributed by atoms with Gasteiger partial charge in [0.25, 0.3) is 5.91 Å². The van der Waals surface area contributed by atoms with Gasteiger partial charge in [-0.05, 0) is 49.5 Å². The second-order valence-electron chi connectivity index (χ2n) is 6.63. The number of esters is 1. The molecule has 0 aromatic heterocycles. The Morgan fingerprint density at radius 2 is 1.93 bits per heavy atom. The number of ether oxygens (including phenoxy) is 3. The van der Waals surface area contributed by atoms with E-state index >= 15 is 0 Å². The number of thioether (sulfide) groups is 1. The molecule has 6 nitrogen and oxygen atoms in total. The van der Waals surface area contributed by atoms with Crippen molar-refractivity contribution in [3.05, 3.63) is 28.7 Å². The molecule has 1 heterocycles. The van der Waals surface area contributed by atoms with E-state index in [1.165, 1.54) is 23.1 Å². The fraction of sp³-hybridized carbons (Fsp3) is 0.450.